The summed E-state index contributed by atoms with van der Waals surface area (Å²) in [5.74, 6) is 0.248. The average Bonchev–Trinajstić information content (AvgIpc) is 2.43. The van der Waals surface area contributed by atoms with E-state index in [0.29, 0.717) is 6.54 Å². The van der Waals surface area contributed by atoms with Crippen LogP contribution in [0.5, 0.6) is 0 Å². The normalized spacial score (nSPS) is 16.6. The van der Waals surface area contributed by atoms with E-state index in [1.54, 1.807) is 0 Å². The summed E-state index contributed by atoms with van der Waals surface area (Å²) in [4.78, 5) is 16.5. The third-order valence-corrected chi connectivity index (χ3v) is 3.46. The van der Waals surface area contributed by atoms with Gasteiger partial charge in [0.1, 0.15) is 0 Å². The van der Waals surface area contributed by atoms with E-state index in [9.17, 15) is 10.1 Å². The molecular formula is C12H14ClN5O2. The summed E-state index contributed by atoms with van der Waals surface area (Å²) in [6.45, 7) is 2.02. The smallest absolute Gasteiger partial charge is 0.312 e. The molecule has 1 saturated heterocycles. The molecule has 0 amide bonds. The lowest BCUT2D eigenvalue weighted by molar-refractivity contribution is -0.384. The summed E-state index contributed by atoms with van der Waals surface area (Å²) in [6, 6.07) is 3.54. The van der Waals surface area contributed by atoms with E-state index in [-0.39, 0.29) is 22.6 Å². The maximum Gasteiger partial charge on any atom is 0.312 e. The molecule has 0 spiro atoms. The maximum atomic E-state index is 11.0. The Kier molecular flexibility index (Phi) is 4.71. The fourth-order valence-electron chi connectivity index (χ4n) is 2.21. The van der Waals surface area contributed by atoms with Crippen molar-refractivity contribution in [3.8, 4) is 6.07 Å². The molecule has 20 heavy (non-hydrogen) atoms. The van der Waals surface area contributed by atoms with Crippen LogP contribution in [-0.2, 0) is 0 Å². The quantitative estimate of drug-likeness (QED) is 0.519. The number of nitro groups is 1. The van der Waals surface area contributed by atoms with Gasteiger partial charge in [0.15, 0.2) is 0 Å². The molecule has 1 N–H and O–H groups in total. The molecule has 1 aliphatic heterocycles. The highest BCUT2D eigenvalue weighted by atomic mass is 35.5. The van der Waals surface area contributed by atoms with Crippen molar-refractivity contribution in [3.05, 3.63) is 27.4 Å². The van der Waals surface area contributed by atoms with Crippen LogP contribution in [0.15, 0.2) is 12.3 Å². The van der Waals surface area contributed by atoms with Crippen LogP contribution < -0.4 is 5.32 Å². The highest BCUT2D eigenvalue weighted by Crippen LogP contribution is 2.27. The zero-order valence-electron chi connectivity index (χ0n) is 10.8. The summed E-state index contributed by atoms with van der Waals surface area (Å²) in [5.41, 5.74) is -0.114. The third kappa shape index (κ3) is 3.56. The number of piperidine rings is 1. The lowest BCUT2D eigenvalue weighted by Crippen LogP contribution is -2.39. The lowest BCUT2D eigenvalue weighted by atomic mass is 10.1. The number of likely N-dealkylation sites (tertiary alicyclic amines) is 1. The number of anilines is 1. The molecule has 0 unspecified atom stereocenters. The van der Waals surface area contributed by atoms with Crippen LogP contribution in [0.25, 0.3) is 0 Å². The molecule has 0 radical (unpaired) electrons. The summed E-state index contributed by atoms with van der Waals surface area (Å²) < 4.78 is 0. The number of hydrogen-bond acceptors (Lipinski definition) is 6. The molecule has 0 aromatic carbocycles. The molecule has 0 saturated carbocycles. The zero-order valence-corrected chi connectivity index (χ0v) is 11.5. The lowest BCUT2D eigenvalue weighted by Gasteiger charge is -2.30. The monoisotopic (exact) mass is 295 g/mol. The Morgan fingerprint density at radius 3 is 2.90 bits per heavy atom. The first kappa shape index (κ1) is 14.5. The molecule has 0 atom stereocenters. The molecule has 7 nitrogen and oxygen atoms in total. The van der Waals surface area contributed by atoms with E-state index in [1.165, 1.54) is 12.3 Å². The Balaban J connectivity index is 2.01. The summed E-state index contributed by atoms with van der Waals surface area (Å²) in [5, 5.41) is 23.0. The molecule has 2 heterocycles. The number of rotatable bonds is 4. The molecular weight excluding hydrogens is 282 g/mol. The van der Waals surface area contributed by atoms with Gasteiger partial charge in [-0.25, -0.2) is 4.98 Å². The minimum absolute atomic E-state index is 0.114. The van der Waals surface area contributed by atoms with Crippen LogP contribution in [0.2, 0.25) is 5.02 Å². The molecule has 106 valence electrons. The highest BCUT2D eigenvalue weighted by Gasteiger charge is 2.23. The maximum absolute atomic E-state index is 11.0. The van der Waals surface area contributed by atoms with Crippen LogP contribution >= 0.6 is 11.6 Å². The fraction of sp³-hybridized carbons (Fsp3) is 0.500. The van der Waals surface area contributed by atoms with Crippen molar-refractivity contribution in [1.29, 1.82) is 5.26 Å². The number of nitrogens with one attached hydrogen (secondary N) is 1. The predicted octanol–water partition coefficient (Wildman–Crippen LogP) is 2.04. The number of aromatic nitrogens is 1. The van der Waals surface area contributed by atoms with Crippen LogP contribution in [0.4, 0.5) is 11.5 Å². The van der Waals surface area contributed by atoms with Gasteiger partial charge >= 0.3 is 5.69 Å². The van der Waals surface area contributed by atoms with E-state index in [0.717, 1.165) is 25.9 Å². The van der Waals surface area contributed by atoms with Crippen LogP contribution in [0, 0.1) is 21.4 Å². The van der Waals surface area contributed by atoms with Gasteiger partial charge in [-0.3, -0.25) is 15.0 Å². The largest absolute Gasteiger partial charge is 0.362 e. The first-order valence-electron chi connectivity index (χ1n) is 6.26. The number of nitriles is 1. The minimum atomic E-state index is -0.494. The van der Waals surface area contributed by atoms with Crippen molar-refractivity contribution in [2.24, 2.45) is 0 Å². The Morgan fingerprint density at radius 2 is 2.30 bits per heavy atom. The molecule has 8 heteroatoms. The Bertz CT molecular complexity index is 537. The second-order valence-corrected chi connectivity index (χ2v) is 5.07. The SMILES string of the molecule is N#CCN1CCC(Nc2ncc(Cl)cc2[N+](=O)[O-])CC1. The van der Waals surface area contributed by atoms with E-state index in [2.05, 4.69) is 21.3 Å². The van der Waals surface area contributed by atoms with Gasteiger partial charge in [0, 0.05) is 31.4 Å². The molecule has 1 aromatic heterocycles. The minimum Gasteiger partial charge on any atom is -0.362 e. The number of pyridine rings is 1. The van der Waals surface area contributed by atoms with Gasteiger partial charge in [-0.15, -0.1) is 0 Å². The van der Waals surface area contributed by atoms with Crippen molar-refractivity contribution < 1.29 is 4.92 Å². The van der Waals surface area contributed by atoms with E-state index in [1.807, 2.05) is 0 Å². The van der Waals surface area contributed by atoms with Crippen molar-refractivity contribution in [2.75, 3.05) is 25.0 Å². The van der Waals surface area contributed by atoms with Gasteiger partial charge in [0.2, 0.25) is 5.82 Å². The predicted molar refractivity (Wildman–Crippen MR) is 74.6 cm³/mol. The molecule has 0 bridgehead atoms. The van der Waals surface area contributed by atoms with Crippen LogP contribution in [0.3, 0.4) is 0 Å². The van der Waals surface area contributed by atoms with Gasteiger partial charge < -0.3 is 5.32 Å². The number of hydrogen-bond donors (Lipinski definition) is 1. The summed E-state index contributed by atoms with van der Waals surface area (Å²) >= 11 is 5.73. The van der Waals surface area contributed by atoms with Crippen LogP contribution in [-0.4, -0.2) is 40.5 Å². The van der Waals surface area contributed by atoms with Gasteiger partial charge in [-0.2, -0.15) is 5.26 Å². The second kappa shape index (κ2) is 6.50. The zero-order chi connectivity index (χ0) is 14.5. The Morgan fingerprint density at radius 1 is 1.60 bits per heavy atom. The Hall–Kier alpha value is -1.91. The first-order chi connectivity index (χ1) is 9.60. The average molecular weight is 296 g/mol. The van der Waals surface area contributed by atoms with E-state index in [4.69, 9.17) is 16.9 Å². The summed E-state index contributed by atoms with van der Waals surface area (Å²) in [7, 11) is 0. The van der Waals surface area contributed by atoms with Crippen LogP contribution in [0.1, 0.15) is 12.8 Å². The van der Waals surface area contributed by atoms with Crippen molar-refractivity contribution in [2.45, 2.75) is 18.9 Å². The van der Waals surface area contributed by atoms with Gasteiger partial charge in [-0.05, 0) is 12.8 Å². The van der Waals surface area contributed by atoms with Crippen molar-refractivity contribution in [3.63, 3.8) is 0 Å². The van der Waals surface area contributed by atoms with Gasteiger partial charge in [0.05, 0.1) is 22.6 Å². The molecule has 2 rings (SSSR count). The highest BCUT2D eigenvalue weighted by molar-refractivity contribution is 6.30. The molecule has 1 aliphatic rings. The topological polar surface area (TPSA) is 95.1 Å². The summed E-state index contributed by atoms with van der Waals surface area (Å²) in [6.07, 6.45) is 3.04. The number of nitrogens with zero attached hydrogens (tertiary/aromatic N) is 4. The third-order valence-electron chi connectivity index (χ3n) is 3.25. The first-order valence-corrected chi connectivity index (χ1v) is 6.63. The van der Waals surface area contributed by atoms with E-state index >= 15 is 0 Å². The Labute approximate surface area is 121 Å². The second-order valence-electron chi connectivity index (χ2n) is 4.63. The fourth-order valence-corrected chi connectivity index (χ4v) is 2.36. The molecule has 0 aliphatic carbocycles. The van der Waals surface area contributed by atoms with Gasteiger partial charge in [-0.1, -0.05) is 11.6 Å². The standard InChI is InChI=1S/C12H14ClN5O2/c13-9-7-11(18(19)20)12(15-8-9)16-10-1-4-17(5-2-10)6-3-14/h7-8,10H,1-2,4-6H2,(H,15,16). The molecule has 1 fully saturated rings. The van der Waals surface area contributed by atoms with Crippen molar-refractivity contribution in [1.82, 2.24) is 9.88 Å². The van der Waals surface area contributed by atoms with Crippen molar-refractivity contribution >= 4 is 23.1 Å². The van der Waals surface area contributed by atoms with Gasteiger partial charge in [0.25, 0.3) is 0 Å². The van der Waals surface area contributed by atoms with E-state index < -0.39 is 4.92 Å². The number of halogens is 1. The molecule has 1 aromatic rings.